The topological polar surface area (TPSA) is 39.7 Å². The fraction of sp³-hybridized carbons (Fsp3) is 0.632. The molecule has 0 aromatic heterocycles. The normalized spacial score (nSPS) is 20.5. The van der Waals surface area contributed by atoms with Crippen LogP contribution in [0.3, 0.4) is 0 Å². The molecule has 23 heavy (non-hydrogen) atoms. The van der Waals surface area contributed by atoms with E-state index in [1.165, 1.54) is 30.6 Å². The Bertz CT molecular complexity index is 512. The first-order chi connectivity index (χ1) is 11.1. The molecule has 4 heteroatoms. The summed E-state index contributed by atoms with van der Waals surface area (Å²) in [6, 6.07) is 8.74. The molecule has 1 saturated heterocycles. The minimum absolute atomic E-state index is 0.468. The quantitative estimate of drug-likeness (QED) is 0.626. The molecule has 1 aromatic rings. The lowest BCUT2D eigenvalue weighted by atomic mass is 9.99. The van der Waals surface area contributed by atoms with Crippen molar-refractivity contribution < 1.29 is 0 Å². The van der Waals surface area contributed by atoms with Crippen molar-refractivity contribution in [1.82, 2.24) is 15.5 Å². The van der Waals surface area contributed by atoms with E-state index in [9.17, 15) is 0 Å². The third-order valence-electron chi connectivity index (χ3n) is 4.79. The van der Waals surface area contributed by atoms with Gasteiger partial charge in [-0.25, -0.2) is 0 Å². The van der Waals surface area contributed by atoms with Crippen LogP contribution in [-0.2, 0) is 0 Å². The largest absolute Gasteiger partial charge is 0.356 e. The van der Waals surface area contributed by atoms with Crippen LogP contribution >= 0.6 is 0 Å². The average Bonchev–Trinajstić information content (AvgIpc) is 3.03. The number of hydrogen-bond donors (Lipinski definition) is 2. The second-order valence-electron chi connectivity index (χ2n) is 6.70. The number of guanidine groups is 1. The van der Waals surface area contributed by atoms with Gasteiger partial charge in [0.05, 0.1) is 0 Å². The van der Waals surface area contributed by atoms with Gasteiger partial charge in [0.25, 0.3) is 0 Å². The van der Waals surface area contributed by atoms with Crippen LogP contribution in [0.25, 0.3) is 0 Å². The fourth-order valence-electron chi connectivity index (χ4n) is 3.17. The highest BCUT2D eigenvalue weighted by Crippen LogP contribution is 2.16. The number of rotatable bonds is 6. The third kappa shape index (κ3) is 5.54. The number of nitrogens with zero attached hydrogens (tertiary/aromatic N) is 2. The molecule has 4 nitrogen and oxygen atoms in total. The summed E-state index contributed by atoms with van der Waals surface area (Å²) in [5.74, 6) is 2.12. The molecule has 1 aliphatic heterocycles. The zero-order chi connectivity index (χ0) is 16.7. The highest BCUT2D eigenvalue weighted by molar-refractivity contribution is 5.79. The van der Waals surface area contributed by atoms with E-state index in [0.717, 1.165) is 31.5 Å². The summed E-state index contributed by atoms with van der Waals surface area (Å²) in [5.41, 5.74) is 2.70. The van der Waals surface area contributed by atoms with Crippen LogP contribution in [-0.4, -0.2) is 50.6 Å². The van der Waals surface area contributed by atoms with Crippen molar-refractivity contribution in [3.63, 3.8) is 0 Å². The van der Waals surface area contributed by atoms with E-state index < -0.39 is 0 Å². The van der Waals surface area contributed by atoms with Gasteiger partial charge in [0.2, 0.25) is 0 Å². The second kappa shape index (κ2) is 8.92. The van der Waals surface area contributed by atoms with Gasteiger partial charge < -0.3 is 15.5 Å². The van der Waals surface area contributed by atoms with Gasteiger partial charge in [-0.1, -0.05) is 43.7 Å². The molecule has 0 saturated carbocycles. The lowest BCUT2D eigenvalue weighted by molar-refractivity contribution is 0.342. The Labute approximate surface area is 141 Å². The number of hydrogen-bond acceptors (Lipinski definition) is 2. The molecule has 2 unspecified atom stereocenters. The van der Waals surface area contributed by atoms with Gasteiger partial charge in [-0.2, -0.15) is 0 Å². The van der Waals surface area contributed by atoms with Gasteiger partial charge in [0, 0.05) is 26.7 Å². The van der Waals surface area contributed by atoms with Crippen LogP contribution in [0.4, 0.5) is 0 Å². The number of aliphatic imine (C=N–C) groups is 1. The monoisotopic (exact) mass is 316 g/mol. The summed E-state index contributed by atoms with van der Waals surface area (Å²) in [5, 5.41) is 6.95. The van der Waals surface area contributed by atoms with Crippen LogP contribution in [0.2, 0.25) is 0 Å². The molecular formula is C19H32N4. The number of aryl methyl sites for hydroxylation is 1. The van der Waals surface area contributed by atoms with E-state index >= 15 is 0 Å². The van der Waals surface area contributed by atoms with Crippen molar-refractivity contribution in [3.8, 4) is 0 Å². The first-order valence-corrected chi connectivity index (χ1v) is 8.85. The van der Waals surface area contributed by atoms with Gasteiger partial charge in [-0.05, 0) is 43.8 Å². The summed E-state index contributed by atoms with van der Waals surface area (Å²) in [4.78, 5) is 6.87. The molecule has 1 aromatic carbocycles. The van der Waals surface area contributed by atoms with Crippen LogP contribution < -0.4 is 10.6 Å². The molecule has 2 rings (SSSR count). The number of likely N-dealkylation sites (tertiary alicyclic amines) is 1. The standard InChI is InChI=1S/C19H32N4/c1-5-23-10-9-17(14-23)13-22-19(20-4)21-12-16(3)18-8-6-7-15(2)11-18/h6-8,11,16-17H,5,9-10,12-14H2,1-4H3,(H2,20,21,22). The summed E-state index contributed by atoms with van der Waals surface area (Å²) in [6.45, 7) is 12.2. The summed E-state index contributed by atoms with van der Waals surface area (Å²) in [6.07, 6.45) is 1.29. The highest BCUT2D eigenvalue weighted by atomic mass is 15.2. The molecule has 128 valence electrons. The Morgan fingerprint density at radius 3 is 2.87 bits per heavy atom. The van der Waals surface area contributed by atoms with Crippen LogP contribution in [0.5, 0.6) is 0 Å². The second-order valence-corrected chi connectivity index (χ2v) is 6.70. The zero-order valence-corrected chi connectivity index (χ0v) is 15.1. The molecule has 0 radical (unpaired) electrons. The molecule has 2 atom stereocenters. The maximum atomic E-state index is 4.35. The molecular weight excluding hydrogens is 284 g/mol. The Kier molecular flexibility index (Phi) is 6.90. The molecule has 1 fully saturated rings. The van der Waals surface area contributed by atoms with Gasteiger partial charge in [-0.3, -0.25) is 4.99 Å². The molecule has 0 aliphatic carbocycles. The number of benzene rings is 1. The van der Waals surface area contributed by atoms with Gasteiger partial charge in [0.15, 0.2) is 5.96 Å². The van der Waals surface area contributed by atoms with Crippen molar-refractivity contribution in [3.05, 3.63) is 35.4 Å². The van der Waals surface area contributed by atoms with E-state index in [0.29, 0.717) is 5.92 Å². The van der Waals surface area contributed by atoms with E-state index in [1.54, 1.807) is 0 Å². The lowest BCUT2D eigenvalue weighted by Crippen LogP contribution is -2.41. The van der Waals surface area contributed by atoms with E-state index in [1.807, 2.05) is 7.05 Å². The molecule has 2 N–H and O–H groups in total. The Hall–Kier alpha value is -1.55. The minimum atomic E-state index is 0.468. The molecule has 1 heterocycles. The lowest BCUT2D eigenvalue weighted by Gasteiger charge is -2.18. The summed E-state index contributed by atoms with van der Waals surface area (Å²) in [7, 11) is 1.85. The maximum absolute atomic E-state index is 4.35. The minimum Gasteiger partial charge on any atom is -0.356 e. The van der Waals surface area contributed by atoms with Crippen molar-refractivity contribution in [2.75, 3.05) is 39.8 Å². The predicted octanol–water partition coefficient (Wildman–Crippen LogP) is 2.61. The van der Waals surface area contributed by atoms with Gasteiger partial charge >= 0.3 is 0 Å². The highest BCUT2D eigenvalue weighted by Gasteiger charge is 2.21. The Balaban J connectivity index is 1.74. The molecule has 0 amide bonds. The smallest absolute Gasteiger partial charge is 0.191 e. The Morgan fingerprint density at radius 2 is 2.22 bits per heavy atom. The molecule has 0 spiro atoms. The SMILES string of the molecule is CCN1CCC(CNC(=NC)NCC(C)c2cccc(C)c2)C1. The van der Waals surface area contributed by atoms with Crippen molar-refractivity contribution in [2.24, 2.45) is 10.9 Å². The third-order valence-corrected chi connectivity index (χ3v) is 4.79. The first-order valence-electron chi connectivity index (χ1n) is 8.85. The van der Waals surface area contributed by atoms with E-state index in [4.69, 9.17) is 0 Å². The van der Waals surface area contributed by atoms with Crippen molar-refractivity contribution in [2.45, 2.75) is 33.1 Å². The maximum Gasteiger partial charge on any atom is 0.191 e. The Morgan fingerprint density at radius 1 is 1.39 bits per heavy atom. The van der Waals surface area contributed by atoms with Crippen LogP contribution in [0.15, 0.2) is 29.3 Å². The molecule has 1 aliphatic rings. The average molecular weight is 316 g/mol. The first kappa shape index (κ1) is 17.8. The van der Waals surface area contributed by atoms with Gasteiger partial charge in [0.1, 0.15) is 0 Å². The van der Waals surface area contributed by atoms with E-state index in [2.05, 4.69) is 65.6 Å². The van der Waals surface area contributed by atoms with Crippen LogP contribution in [0, 0.1) is 12.8 Å². The summed E-state index contributed by atoms with van der Waals surface area (Å²) >= 11 is 0. The van der Waals surface area contributed by atoms with Gasteiger partial charge in [-0.15, -0.1) is 0 Å². The summed E-state index contributed by atoms with van der Waals surface area (Å²) < 4.78 is 0. The predicted molar refractivity (Wildman–Crippen MR) is 99.2 cm³/mol. The van der Waals surface area contributed by atoms with Crippen molar-refractivity contribution >= 4 is 5.96 Å². The number of nitrogens with one attached hydrogen (secondary N) is 2. The van der Waals surface area contributed by atoms with Crippen LogP contribution in [0.1, 0.15) is 37.3 Å². The fourth-order valence-corrected chi connectivity index (χ4v) is 3.17. The molecule has 0 bridgehead atoms. The van der Waals surface area contributed by atoms with E-state index in [-0.39, 0.29) is 0 Å². The zero-order valence-electron chi connectivity index (χ0n) is 15.1. The van der Waals surface area contributed by atoms with Crippen molar-refractivity contribution in [1.29, 1.82) is 0 Å².